The van der Waals surface area contributed by atoms with E-state index >= 15 is 0 Å². The fourth-order valence-corrected chi connectivity index (χ4v) is 1.75. The summed E-state index contributed by atoms with van der Waals surface area (Å²) < 4.78 is 10.4. The first-order valence-electron chi connectivity index (χ1n) is 5.66. The number of rotatable bonds is 5. The van der Waals surface area contributed by atoms with E-state index in [-0.39, 0.29) is 18.0 Å². The average Bonchev–Trinajstić information content (AvgIpc) is 2.45. The van der Waals surface area contributed by atoms with Gasteiger partial charge in [0.2, 0.25) is 0 Å². The summed E-state index contributed by atoms with van der Waals surface area (Å²) in [7, 11) is 1.44. The summed E-state index contributed by atoms with van der Waals surface area (Å²) in [4.78, 5) is 14.5. The van der Waals surface area contributed by atoms with Crippen LogP contribution in [-0.2, 0) is 6.61 Å². The number of hydrogen-bond acceptors (Lipinski definition) is 5. The van der Waals surface area contributed by atoms with Gasteiger partial charge >= 0.3 is 5.69 Å². The second-order valence-corrected chi connectivity index (χ2v) is 4.28. The van der Waals surface area contributed by atoms with Gasteiger partial charge in [-0.25, -0.2) is 0 Å². The molecule has 0 unspecified atom stereocenters. The molecule has 0 radical (unpaired) electrons. The van der Waals surface area contributed by atoms with Crippen LogP contribution >= 0.6 is 11.6 Å². The molecule has 1 aromatic carbocycles. The molecule has 6 nitrogen and oxygen atoms in total. The third-order valence-corrected chi connectivity index (χ3v) is 2.75. The van der Waals surface area contributed by atoms with Gasteiger partial charge in [0, 0.05) is 11.2 Å². The standard InChI is InChI=1S/C13H11ClN2O4/c1-19-11-2-3-13(12(7-11)16(17)18)20-8-10-6-9(14)4-5-15-10/h2-7H,8H2,1H3. The Morgan fingerprint density at radius 1 is 1.35 bits per heavy atom. The lowest BCUT2D eigenvalue weighted by atomic mass is 10.3. The number of pyridine rings is 1. The van der Waals surface area contributed by atoms with E-state index in [1.54, 1.807) is 24.4 Å². The first kappa shape index (κ1) is 14.1. The molecule has 2 aromatic rings. The lowest BCUT2D eigenvalue weighted by Gasteiger charge is -2.07. The van der Waals surface area contributed by atoms with E-state index in [0.29, 0.717) is 16.5 Å². The molecule has 0 atom stereocenters. The zero-order valence-corrected chi connectivity index (χ0v) is 11.3. The van der Waals surface area contributed by atoms with Crippen LogP contribution < -0.4 is 9.47 Å². The Bertz CT molecular complexity index is 634. The van der Waals surface area contributed by atoms with Crippen LogP contribution in [-0.4, -0.2) is 17.0 Å². The summed E-state index contributed by atoms with van der Waals surface area (Å²) in [5.41, 5.74) is 0.425. The summed E-state index contributed by atoms with van der Waals surface area (Å²) in [6.45, 7) is 0.0910. The average molecular weight is 295 g/mol. The monoisotopic (exact) mass is 294 g/mol. The lowest BCUT2D eigenvalue weighted by Crippen LogP contribution is -2.01. The zero-order valence-electron chi connectivity index (χ0n) is 10.6. The van der Waals surface area contributed by atoms with Crippen molar-refractivity contribution in [1.29, 1.82) is 0 Å². The molecular weight excluding hydrogens is 284 g/mol. The lowest BCUT2D eigenvalue weighted by molar-refractivity contribution is -0.386. The van der Waals surface area contributed by atoms with Gasteiger partial charge in [0.25, 0.3) is 0 Å². The van der Waals surface area contributed by atoms with Gasteiger partial charge in [-0.3, -0.25) is 15.1 Å². The van der Waals surface area contributed by atoms with E-state index in [9.17, 15) is 10.1 Å². The Morgan fingerprint density at radius 2 is 2.15 bits per heavy atom. The summed E-state index contributed by atoms with van der Waals surface area (Å²) >= 11 is 5.83. The number of nitrogens with zero attached hydrogens (tertiary/aromatic N) is 2. The number of aromatic nitrogens is 1. The predicted octanol–water partition coefficient (Wildman–Crippen LogP) is 3.23. The fraction of sp³-hybridized carbons (Fsp3) is 0.154. The van der Waals surface area contributed by atoms with Gasteiger partial charge in [0.15, 0.2) is 5.75 Å². The highest BCUT2D eigenvalue weighted by molar-refractivity contribution is 6.30. The van der Waals surface area contributed by atoms with E-state index < -0.39 is 4.92 Å². The molecule has 0 aliphatic heterocycles. The molecule has 0 aliphatic carbocycles. The molecule has 0 bridgehead atoms. The molecule has 20 heavy (non-hydrogen) atoms. The number of hydrogen-bond donors (Lipinski definition) is 0. The second kappa shape index (κ2) is 6.21. The third-order valence-electron chi connectivity index (χ3n) is 2.52. The normalized spacial score (nSPS) is 10.1. The number of benzene rings is 1. The molecule has 7 heteroatoms. The summed E-state index contributed by atoms with van der Waals surface area (Å²) in [6, 6.07) is 7.66. The van der Waals surface area contributed by atoms with Crippen molar-refractivity contribution >= 4 is 17.3 Å². The molecule has 0 saturated heterocycles. The van der Waals surface area contributed by atoms with Gasteiger partial charge < -0.3 is 9.47 Å². The molecule has 0 saturated carbocycles. The Balaban J connectivity index is 2.18. The Hall–Kier alpha value is -2.34. The largest absolute Gasteiger partial charge is 0.496 e. The molecular formula is C13H11ClN2O4. The maximum atomic E-state index is 11.0. The van der Waals surface area contributed by atoms with Gasteiger partial charge in [-0.05, 0) is 24.3 Å². The number of nitro benzene ring substituents is 1. The number of ether oxygens (including phenoxy) is 2. The Labute approximate surface area is 120 Å². The summed E-state index contributed by atoms with van der Waals surface area (Å²) in [6.07, 6.45) is 1.55. The Morgan fingerprint density at radius 3 is 2.80 bits per heavy atom. The third kappa shape index (κ3) is 3.36. The number of nitro groups is 1. The van der Waals surface area contributed by atoms with Crippen molar-refractivity contribution in [1.82, 2.24) is 4.98 Å². The van der Waals surface area contributed by atoms with E-state index in [2.05, 4.69) is 4.98 Å². The molecule has 104 valence electrons. The van der Waals surface area contributed by atoms with Crippen LogP contribution in [0.5, 0.6) is 11.5 Å². The molecule has 1 heterocycles. The quantitative estimate of drug-likeness (QED) is 0.625. The summed E-state index contributed by atoms with van der Waals surface area (Å²) in [5, 5.41) is 11.5. The van der Waals surface area contributed by atoms with Crippen molar-refractivity contribution < 1.29 is 14.4 Å². The van der Waals surface area contributed by atoms with Crippen molar-refractivity contribution in [3.63, 3.8) is 0 Å². The zero-order chi connectivity index (χ0) is 14.5. The number of methoxy groups -OCH3 is 1. The van der Waals surface area contributed by atoms with Crippen molar-refractivity contribution in [2.75, 3.05) is 7.11 Å². The van der Waals surface area contributed by atoms with E-state index in [0.717, 1.165) is 0 Å². The van der Waals surface area contributed by atoms with Gasteiger partial charge in [-0.2, -0.15) is 0 Å². The SMILES string of the molecule is COc1ccc(OCc2cc(Cl)ccn2)c([N+](=O)[O-])c1. The van der Waals surface area contributed by atoms with Crippen molar-refractivity contribution in [3.05, 3.63) is 57.4 Å². The minimum atomic E-state index is -0.525. The van der Waals surface area contributed by atoms with Gasteiger partial charge in [-0.15, -0.1) is 0 Å². The maximum Gasteiger partial charge on any atom is 0.314 e. The molecule has 0 N–H and O–H groups in total. The number of halogens is 1. The molecule has 0 spiro atoms. The maximum absolute atomic E-state index is 11.0. The van der Waals surface area contributed by atoms with Crippen molar-refractivity contribution in [2.45, 2.75) is 6.61 Å². The van der Waals surface area contributed by atoms with E-state index in [1.807, 2.05) is 0 Å². The van der Waals surface area contributed by atoms with Crippen LogP contribution in [0.2, 0.25) is 5.02 Å². The van der Waals surface area contributed by atoms with Crippen LogP contribution in [0.4, 0.5) is 5.69 Å². The minimum absolute atomic E-state index is 0.0910. The highest BCUT2D eigenvalue weighted by Crippen LogP contribution is 2.31. The predicted molar refractivity (Wildman–Crippen MR) is 73.2 cm³/mol. The van der Waals surface area contributed by atoms with Gasteiger partial charge in [-0.1, -0.05) is 11.6 Å². The van der Waals surface area contributed by atoms with Crippen LogP contribution in [0.15, 0.2) is 36.5 Å². The molecule has 0 aliphatic rings. The second-order valence-electron chi connectivity index (χ2n) is 3.84. The van der Waals surface area contributed by atoms with Crippen LogP contribution in [0.3, 0.4) is 0 Å². The first-order chi connectivity index (χ1) is 9.60. The molecule has 1 aromatic heterocycles. The first-order valence-corrected chi connectivity index (χ1v) is 6.03. The minimum Gasteiger partial charge on any atom is -0.496 e. The smallest absolute Gasteiger partial charge is 0.314 e. The molecule has 0 fully saturated rings. The topological polar surface area (TPSA) is 74.5 Å². The van der Waals surface area contributed by atoms with Crippen LogP contribution in [0, 0.1) is 10.1 Å². The highest BCUT2D eigenvalue weighted by Gasteiger charge is 2.16. The van der Waals surface area contributed by atoms with E-state index in [1.165, 1.54) is 19.2 Å². The summed E-state index contributed by atoms with van der Waals surface area (Å²) in [5.74, 6) is 0.544. The van der Waals surface area contributed by atoms with Crippen LogP contribution in [0.25, 0.3) is 0 Å². The Kier molecular flexibility index (Phi) is 4.37. The van der Waals surface area contributed by atoms with Crippen molar-refractivity contribution in [2.24, 2.45) is 0 Å². The molecule has 0 amide bonds. The van der Waals surface area contributed by atoms with Gasteiger partial charge in [0.05, 0.1) is 23.8 Å². The van der Waals surface area contributed by atoms with E-state index in [4.69, 9.17) is 21.1 Å². The highest BCUT2D eigenvalue weighted by atomic mass is 35.5. The molecule has 2 rings (SSSR count). The van der Waals surface area contributed by atoms with Crippen LogP contribution in [0.1, 0.15) is 5.69 Å². The van der Waals surface area contributed by atoms with Gasteiger partial charge in [0.1, 0.15) is 12.4 Å². The van der Waals surface area contributed by atoms with Crippen molar-refractivity contribution in [3.8, 4) is 11.5 Å². The fourth-order valence-electron chi connectivity index (χ4n) is 1.57.